The van der Waals surface area contributed by atoms with Gasteiger partial charge < -0.3 is 4.90 Å². The Bertz CT molecular complexity index is 1140. The molecule has 5 aliphatic carbocycles. The van der Waals surface area contributed by atoms with Crippen LogP contribution in [0.25, 0.3) is 10.2 Å². The van der Waals surface area contributed by atoms with Crippen LogP contribution in [-0.2, 0) is 23.1 Å². The van der Waals surface area contributed by atoms with Gasteiger partial charge in [-0.15, -0.1) is 11.3 Å². The molecule has 5 fully saturated rings. The predicted molar refractivity (Wildman–Crippen MR) is 149 cm³/mol. The smallest absolute Gasteiger partial charge is 0.233 e. The van der Waals surface area contributed by atoms with Gasteiger partial charge >= 0.3 is 0 Å². The molecule has 1 aliphatic heterocycles. The van der Waals surface area contributed by atoms with E-state index in [0.717, 1.165) is 66.8 Å². The summed E-state index contributed by atoms with van der Waals surface area (Å²) in [6.45, 7) is 5.55. The number of piperidine rings is 1. The zero-order valence-electron chi connectivity index (χ0n) is 22.1. The van der Waals surface area contributed by atoms with Gasteiger partial charge in [-0.2, -0.15) is 0 Å². The van der Waals surface area contributed by atoms with Gasteiger partial charge in [-0.3, -0.25) is 4.79 Å². The van der Waals surface area contributed by atoms with E-state index in [9.17, 15) is 4.79 Å². The number of hydrogen-bond donors (Lipinski definition) is 0. The highest BCUT2D eigenvalue weighted by Gasteiger charge is 2.53. The van der Waals surface area contributed by atoms with Crippen molar-refractivity contribution in [3.05, 3.63) is 16.3 Å². The van der Waals surface area contributed by atoms with Crippen molar-refractivity contribution < 1.29 is 4.79 Å². The van der Waals surface area contributed by atoms with Crippen LogP contribution in [0, 0.1) is 23.7 Å². The van der Waals surface area contributed by atoms with E-state index >= 15 is 0 Å². The molecule has 4 saturated carbocycles. The van der Waals surface area contributed by atoms with Crippen LogP contribution in [0.5, 0.6) is 0 Å². The number of thiophene rings is 1. The summed E-state index contributed by atoms with van der Waals surface area (Å²) in [7, 11) is 0. The molecule has 4 bridgehead atoms. The van der Waals surface area contributed by atoms with Gasteiger partial charge in [0.25, 0.3) is 0 Å². The van der Waals surface area contributed by atoms with Gasteiger partial charge in [0.05, 0.1) is 5.75 Å². The quantitative estimate of drug-likeness (QED) is 0.308. The lowest BCUT2D eigenvalue weighted by Crippen LogP contribution is -2.49. The summed E-state index contributed by atoms with van der Waals surface area (Å²) in [6.07, 6.45) is 16.4. The second-order valence-corrected chi connectivity index (χ2v) is 15.1. The first kappa shape index (κ1) is 23.9. The van der Waals surface area contributed by atoms with Crippen LogP contribution in [0.1, 0.15) is 101 Å². The van der Waals surface area contributed by atoms with Crippen molar-refractivity contribution in [1.29, 1.82) is 0 Å². The minimum absolute atomic E-state index is 0.195. The normalized spacial score (nSPS) is 35.4. The van der Waals surface area contributed by atoms with Crippen LogP contribution >= 0.6 is 23.1 Å². The molecule has 0 N–H and O–H groups in total. The summed E-state index contributed by atoms with van der Waals surface area (Å²) in [4.78, 5) is 29.2. The first-order chi connectivity index (χ1) is 17.5. The minimum Gasteiger partial charge on any atom is -0.339 e. The van der Waals surface area contributed by atoms with Crippen molar-refractivity contribution in [2.75, 3.05) is 12.3 Å². The van der Waals surface area contributed by atoms with Gasteiger partial charge in [0.1, 0.15) is 15.7 Å². The zero-order valence-corrected chi connectivity index (χ0v) is 23.7. The monoisotopic (exact) mass is 523 g/mol. The average Bonchev–Trinajstić information content (AvgIpc) is 3.23. The summed E-state index contributed by atoms with van der Waals surface area (Å²) >= 11 is 3.67. The lowest BCUT2D eigenvalue weighted by Gasteiger charge is -2.56. The number of hydrogen-bond acceptors (Lipinski definition) is 5. The second-order valence-electron chi connectivity index (χ2n) is 13.0. The third kappa shape index (κ3) is 4.04. The summed E-state index contributed by atoms with van der Waals surface area (Å²) in [5, 5.41) is 2.43. The molecule has 3 heterocycles. The molecule has 6 heteroatoms. The second kappa shape index (κ2) is 9.25. The summed E-state index contributed by atoms with van der Waals surface area (Å²) in [6, 6.07) is 0.426. The van der Waals surface area contributed by atoms with Crippen molar-refractivity contribution in [2.45, 2.75) is 114 Å². The number of nitrogens with zero attached hydrogens (tertiary/aromatic N) is 3. The van der Waals surface area contributed by atoms with Gasteiger partial charge in [-0.1, -0.05) is 25.6 Å². The van der Waals surface area contributed by atoms with E-state index in [4.69, 9.17) is 9.97 Å². The largest absolute Gasteiger partial charge is 0.339 e. The molecule has 0 radical (unpaired) electrons. The van der Waals surface area contributed by atoms with Crippen molar-refractivity contribution in [3.8, 4) is 0 Å². The van der Waals surface area contributed by atoms with Gasteiger partial charge in [0.2, 0.25) is 5.91 Å². The fourth-order valence-corrected chi connectivity index (χ4v) is 11.4. The van der Waals surface area contributed by atoms with E-state index < -0.39 is 0 Å². The lowest BCUT2D eigenvalue weighted by molar-refractivity contribution is -0.132. The summed E-state index contributed by atoms with van der Waals surface area (Å²) in [5.74, 6) is 5.38. The number of rotatable bonds is 5. The van der Waals surface area contributed by atoms with Gasteiger partial charge in [0, 0.05) is 28.3 Å². The molecule has 1 saturated heterocycles. The number of thioether (sulfide) groups is 1. The SMILES string of the molecule is CC[C@@H]1CCCCN1C(=O)CSc1nc(C23CC4CC(CC(C4)C2)C3)nc2sc3c(c12)CC[C@H](C)C3. The van der Waals surface area contributed by atoms with Crippen molar-refractivity contribution in [2.24, 2.45) is 23.7 Å². The van der Waals surface area contributed by atoms with E-state index in [0.29, 0.717) is 17.7 Å². The Morgan fingerprint density at radius 3 is 2.56 bits per heavy atom. The molecule has 0 spiro atoms. The summed E-state index contributed by atoms with van der Waals surface area (Å²) in [5.41, 5.74) is 1.70. The van der Waals surface area contributed by atoms with E-state index in [1.807, 2.05) is 11.3 Å². The Labute approximate surface area is 224 Å². The maximum atomic E-state index is 13.4. The van der Waals surface area contributed by atoms with Crippen LogP contribution in [0.15, 0.2) is 5.03 Å². The molecule has 0 aromatic carbocycles. The molecular weight excluding hydrogens is 482 g/mol. The average molecular weight is 524 g/mol. The number of aromatic nitrogens is 2. The minimum atomic E-state index is 0.195. The van der Waals surface area contributed by atoms with Crippen LogP contribution < -0.4 is 0 Å². The molecule has 4 nitrogen and oxygen atoms in total. The standard InChI is InChI=1S/C30H41N3OS2/c1-3-22-6-4-5-9-33(22)25(34)17-35-27-26-23-8-7-18(2)10-24(23)36-28(26)32-29(31-27)30-14-19-11-20(15-30)13-21(12-19)16-30/h18-22H,3-17H2,1-2H3/t18-,19?,20?,21?,22+,30?/m0/s1. The van der Waals surface area contributed by atoms with E-state index in [2.05, 4.69) is 18.7 Å². The first-order valence-electron chi connectivity index (χ1n) is 14.8. The van der Waals surface area contributed by atoms with Crippen molar-refractivity contribution in [3.63, 3.8) is 0 Å². The van der Waals surface area contributed by atoms with E-state index in [-0.39, 0.29) is 5.41 Å². The molecule has 2 aromatic rings. The van der Waals surface area contributed by atoms with Crippen LogP contribution in [-0.4, -0.2) is 39.1 Å². The number of fused-ring (bicyclic) bond motifs is 3. The number of amides is 1. The number of carbonyl (C=O) groups is 1. The van der Waals surface area contributed by atoms with E-state index in [1.165, 1.54) is 78.4 Å². The van der Waals surface area contributed by atoms with Crippen molar-refractivity contribution >= 4 is 39.2 Å². The Hall–Kier alpha value is -1.14. The molecule has 1 amide bonds. The number of carbonyl (C=O) groups excluding carboxylic acids is 1. The maximum Gasteiger partial charge on any atom is 0.233 e. The highest BCUT2D eigenvalue weighted by Crippen LogP contribution is 2.60. The highest BCUT2D eigenvalue weighted by molar-refractivity contribution is 8.00. The molecule has 2 aromatic heterocycles. The Morgan fingerprint density at radius 2 is 1.83 bits per heavy atom. The van der Waals surface area contributed by atoms with Crippen LogP contribution in [0.4, 0.5) is 0 Å². The molecule has 36 heavy (non-hydrogen) atoms. The molecular formula is C30H41N3OS2. The lowest BCUT2D eigenvalue weighted by atomic mass is 9.49. The van der Waals surface area contributed by atoms with Gasteiger partial charge in [-0.25, -0.2) is 9.97 Å². The predicted octanol–water partition coefficient (Wildman–Crippen LogP) is 7.17. The Morgan fingerprint density at radius 1 is 1.08 bits per heavy atom. The fourth-order valence-electron chi connectivity index (χ4n) is 9.00. The topological polar surface area (TPSA) is 46.1 Å². The highest BCUT2D eigenvalue weighted by atomic mass is 32.2. The molecule has 8 rings (SSSR count). The van der Waals surface area contributed by atoms with E-state index in [1.54, 1.807) is 11.8 Å². The molecule has 2 atom stereocenters. The number of aryl methyl sites for hydroxylation is 1. The van der Waals surface area contributed by atoms with Crippen LogP contribution in [0.2, 0.25) is 0 Å². The first-order valence-corrected chi connectivity index (χ1v) is 16.6. The van der Waals surface area contributed by atoms with Crippen molar-refractivity contribution in [1.82, 2.24) is 14.9 Å². The molecule has 194 valence electrons. The van der Waals surface area contributed by atoms with Crippen LogP contribution in [0.3, 0.4) is 0 Å². The molecule has 0 unspecified atom stereocenters. The van der Waals surface area contributed by atoms with Gasteiger partial charge in [0.15, 0.2) is 0 Å². The summed E-state index contributed by atoms with van der Waals surface area (Å²) < 4.78 is 0. The maximum absolute atomic E-state index is 13.4. The Kier molecular flexibility index (Phi) is 6.15. The fraction of sp³-hybridized carbons (Fsp3) is 0.767. The third-order valence-corrected chi connectivity index (χ3v) is 12.5. The third-order valence-electron chi connectivity index (χ3n) is 10.4. The molecule has 6 aliphatic rings. The Balaban J connectivity index is 1.25. The number of likely N-dealkylation sites (tertiary alicyclic amines) is 1. The zero-order chi connectivity index (χ0) is 24.4. The van der Waals surface area contributed by atoms with Gasteiger partial charge in [-0.05, 0) is 113 Å².